The second kappa shape index (κ2) is 8.85. The fourth-order valence-electron chi connectivity index (χ4n) is 2.47. The molecule has 4 heteroatoms. The number of nitrogens with zero attached hydrogens (tertiary/aromatic N) is 2. The van der Waals surface area contributed by atoms with Crippen molar-refractivity contribution in [2.75, 3.05) is 26.2 Å². The molecule has 0 unspecified atom stereocenters. The van der Waals surface area contributed by atoms with Gasteiger partial charge in [-0.3, -0.25) is 4.99 Å². The van der Waals surface area contributed by atoms with Crippen LogP contribution in [0.1, 0.15) is 25.0 Å². The van der Waals surface area contributed by atoms with E-state index in [-0.39, 0.29) is 18.3 Å². The molecule has 0 spiro atoms. The number of hydrogen-bond donors (Lipinski definition) is 0. The summed E-state index contributed by atoms with van der Waals surface area (Å²) in [6.07, 6.45) is 1.89. The number of para-hydroxylation sites is 1. The number of rotatable bonds is 7. The van der Waals surface area contributed by atoms with Crippen molar-refractivity contribution in [3.63, 3.8) is 0 Å². The van der Waals surface area contributed by atoms with Crippen LogP contribution in [0.15, 0.2) is 35.8 Å². The van der Waals surface area contributed by atoms with Gasteiger partial charge in [-0.2, -0.15) is 0 Å². The molecule has 0 atom stereocenters. The van der Waals surface area contributed by atoms with Crippen LogP contribution >= 0.6 is 12.4 Å². The van der Waals surface area contributed by atoms with Gasteiger partial charge in [-0.05, 0) is 44.9 Å². The Morgan fingerprint density at radius 2 is 1.76 bits per heavy atom. The summed E-state index contributed by atoms with van der Waals surface area (Å²) in [4.78, 5) is 4.33. The third-order valence-corrected chi connectivity index (χ3v) is 4.00. The number of halogens is 1. The van der Waals surface area contributed by atoms with Gasteiger partial charge in [-0.1, -0.05) is 24.8 Å². The normalized spacial score (nSPS) is 11.9. The van der Waals surface area contributed by atoms with E-state index in [1.54, 1.807) is 0 Å². The lowest BCUT2D eigenvalue weighted by atomic mass is 10.1. The number of benzene rings is 1. The summed E-state index contributed by atoms with van der Waals surface area (Å²) in [7, 11) is 0. The van der Waals surface area contributed by atoms with E-state index in [1.165, 1.54) is 0 Å². The molecule has 0 aliphatic carbocycles. The first-order valence-electron chi connectivity index (χ1n) is 7.24. The van der Waals surface area contributed by atoms with Crippen LogP contribution < -0.4 is 5.11 Å². The molecule has 1 aromatic rings. The van der Waals surface area contributed by atoms with E-state index in [2.05, 4.69) is 25.4 Å². The monoisotopic (exact) mass is 310 g/mol. The Kier molecular flexibility index (Phi) is 8.30. The van der Waals surface area contributed by atoms with Gasteiger partial charge in [0.2, 0.25) is 0 Å². The Labute approximate surface area is 135 Å². The maximum Gasteiger partial charge on any atom is 0.108 e. The molecule has 0 amide bonds. The highest BCUT2D eigenvalue weighted by atomic mass is 35.5. The van der Waals surface area contributed by atoms with Gasteiger partial charge < -0.3 is 9.59 Å². The number of hydrogen-bond acceptors (Lipinski definition) is 2. The Morgan fingerprint density at radius 1 is 1.24 bits per heavy atom. The lowest BCUT2D eigenvalue weighted by molar-refractivity contribution is -0.912. The van der Waals surface area contributed by atoms with Crippen molar-refractivity contribution >= 4 is 24.0 Å². The summed E-state index contributed by atoms with van der Waals surface area (Å²) in [5, 5.41) is 12.3. The maximum atomic E-state index is 12.3. The van der Waals surface area contributed by atoms with Gasteiger partial charge in [-0.15, -0.1) is 12.4 Å². The molecule has 0 N–H and O–H groups in total. The van der Waals surface area contributed by atoms with Crippen LogP contribution in [0.4, 0.5) is 5.69 Å². The minimum atomic E-state index is -0.0482. The van der Waals surface area contributed by atoms with Crippen molar-refractivity contribution in [2.45, 2.75) is 27.7 Å². The van der Waals surface area contributed by atoms with Crippen molar-refractivity contribution in [3.8, 4) is 0 Å². The molecular formula is C17H27ClN2O. The zero-order chi connectivity index (χ0) is 15.2. The van der Waals surface area contributed by atoms with Gasteiger partial charge in [0.25, 0.3) is 0 Å². The predicted molar refractivity (Wildman–Crippen MR) is 91.5 cm³/mol. The van der Waals surface area contributed by atoms with Crippen molar-refractivity contribution in [1.82, 2.24) is 0 Å². The fraction of sp³-hybridized carbons (Fsp3) is 0.471. The van der Waals surface area contributed by atoms with Crippen LogP contribution in [-0.4, -0.2) is 36.6 Å². The molecule has 0 aliphatic rings. The minimum Gasteiger partial charge on any atom is -0.858 e. The molecule has 0 fully saturated rings. The SMILES string of the molecule is C=CC[N+](CC)(CC)CC([O-])=Nc1c(C)cccc1C.Cl. The predicted octanol–water partition coefficient (Wildman–Crippen LogP) is 3.16. The Hall–Kier alpha value is -1.32. The van der Waals surface area contributed by atoms with Gasteiger partial charge in [0.05, 0.1) is 25.3 Å². The summed E-state index contributed by atoms with van der Waals surface area (Å²) in [6.45, 7) is 15.1. The molecule has 0 bridgehead atoms. The molecule has 0 radical (unpaired) electrons. The molecule has 0 aromatic heterocycles. The van der Waals surface area contributed by atoms with Gasteiger partial charge >= 0.3 is 0 Å². The van der Waals surface area contributed by atoms with E-state index in [0.717, 1.165) is 40.9 Å². The van der Waals surface area contributed by atoms with Gasteiger partial charge in [0, 0.05) is 5.90 Å². The molecule has 1 aromatic carbocycles. The van der Waals surface area contributed by atoms with Crippen LogP contribution in [0.2, 0.25) is 0 Å². The standard InChI is InChI=1S/C17H26N2O.ClH/c1-6-12-19(7-2,8-3)13-16(20)18-17-14(4)10-9-11-15(17)5;/h6,9-11H,1,7-8,12-13H2,2-5H3;1H. The van der Waals surface area contributed by atoms with Crippen molar-refractivity contribution in [1.29, 1.82) is 0 Å². The van der Waals surface area contributed by atoms with Crippen molar-refractivity contribution < 1.29 is 9.59 Å². The Bertz CT molecular complexity index is 473. The third-order valence-electron chi connectivity index (χ3n) is 4.00. The van der Waals surface area contributed by atoms with Crippen LogP contribution in [0, 0.1) is 13.8 Å². The second-order valence-corrected chi connectivity index (χ2v) is 5.35. The van der Waals surface area contributed by atoms with E-state index >= 15 is 0 Å². The maximum absolute atomic E-state index is 12.3. The molecule has 21 heavy (non-hydrogen) atoms. The van der Waals surface area contributed by atoms with Crippen LogP contribution in [0.5, 0.6) is 0 Å². The topological polar surface area (TPSA) is 35.4 Å². The molecule has 118 valence electrons. The summed E-state index contributed by atoms with van der Waals surface area (Å²) in [5.41, 5.74) is 2.92. The molecule has 0 heterocycles. The second-order valence-electron chi connectivity index (χ2n) is 5.35. The number of quaternary nitrogens is 1. The number of aliphatic imine (C=N–C) groups is 1. The molecule has 3 nitrogen and oxygen atoms in total. The molecular weight excluding hydrogens is 284 g/mol. The average molecular weight is 311 g/mol. The van der Waals surface area contributed by atoms with Gasteiger partial charge in [0.15, 0.2) is 0 Å². The smallest absolute Gasteiger partial charge is 0.108 e. The largest absolute Gasteiger partial charge is 0.858 e. The van der Waals surface area contributed by atoms with Crippen LogP contribution in [0.3, 0.4) is 0 Å². The highest BCUT2D eigenvalue weighted by molar-refractivity contribution is 5.85. The first kappa shape index (κ1) is 19.7. The summed E-state index contributed by atoms with van der Waals surface area (Å²) in [5.74, 6) is -0.0482. The van der Waals surface area contributed by atoms with Gasteiger partial charge in [-0.25, -0.2) is 0 Å². The van der Waals surface area contributed by atoms with Crippen molar-refractivity contribution in [3.05, 3.63) is 42.0 Å². The van der Waals surface area contributed by atoms with E-state index in [9.17, 15) is 5.11 Å². The van der Waals surface area contributed by atoms with E-state index < -0.39 is 0 Å². The molecule has 0 aliphatic heterocycles. The number of aryl methyl sites for hydroxylation is 2. The zero-order valence-electron chi connectivity index (χ0n) is 13.6. The van der Waals surface area contributed by atoms with E-state index in [4.69, 9.17) is 0 Å². The molecule has 0 saturated carbocycles. The average Bonchev–Trinajstić information content (AvgIpc) is 2.42. The summed E-state index contributed by atoms with van der Waals surface area (Å²) in [6, 6.07) is 5.97. The first-order valence-corrected chi connectivity index (χ1v) is 7.24. The third kappa shape index (κ3) is 5.18. The van der Waals surface area contributed by atoms with E-state index in [1.807, 2.05) is 38.1 Å². The molecule has 1 rings (SSSR count). The van der Waals surface area contributed by atoms with Crippen LogP contribution in [0.25, 0.3) is 0 Å². The Balaban J connectivity index is 0.00000400. The number of likely N-dealkylation sites (N-methyl/N-ethyl adjacent to an activating group) is 1. The first-order chi connectivity index (χ1) is 9.48. The minimum absolute atomic E-state index is 0. The van der Waals surface area contributed by atoms with E-state index in [0.29, 0.717) is 6.54 Å². The summed E-state index contributed by atoms with van der Waals surface area (Å²) >= 11 is 0. The fourth-order valence-corrected chi connectivity index (χ4v) is 2.47. The summed E-state index contributed by atoms with van der Waals surface area (Å²) < 4.78 is 0.719. The lowest BCUT2D eigenvalue weighted by Crippen LogP contribution is -2.53. The molecule has 0 saturated heterocycles. The highest BCUT2D eigenvalue weighted by Gasteiger charge is 2.21. The Morgan fingerprint density at radius 3 is 2.19 bits per heavy atom. The van der Waals surface area contributed by atoms with Gasteiger partial charge in [0.1, 0.15) is 6.54 Å². The van der Waals surface area contributed by atoms with Crippen molar-refractivity contribution in [2.24, 2.45) is 4.99 Å². The zero-order valence-corrected chi connectivity index (χ0v) is 14.4. The quantitative estimate of drug-likeness (QED) is 0.330. The lowest BCUT2D eigenvalue weighted by Gasteiger charge is -2.37. The van der Waals surface area contributed by atoms with Crippen LogP contribution in [-0.2, 0) is 0 Å². The highest BCUT2D eigenvalue weighted by Crippen LogP contribution is 2.23.